The molecule has 1 amide bonds. The summed E-state index contributed by atoms with van der Waals surface area (Å²) in [5.41, 5.74) is 2.70. The molecular formula is C26H25N3O6S2. The van der Waals surface area contributed by atoms with Crippen molar-refractivity contribution in [1.82, 2.24) is 0 Å². The molecule has 0 aliphatic heterocycles. The highest BCUT2D eigenvalue weighted by Gasteiger charge is 2.24. The normalized spacial score (nSPS) is 12.7. The van der Waals surface area contributed by atoms with Crippen LogP contribution >= 0.6 is 11.3 Å². The van der Waals surface area contributed by atoms with Crippen molar-refractivity contribution in [3.63, 3.8) is 0 Å². The molecule has 3 aromatic rings. The first kappa shape index (κ1) is 26.2. The van der Waals surface area contributed by atoms with E-state index in [2.05, 4.69) is 16.1 Å². The maximum atomic E-state index is 13.0. The van der Waals surface area contributed by atoms with Gasteiger partial charge in [0.2, 0.25) is 0 Å². The molecule has 0 fully saturated rings. The van der Waals surface area contributed by atoms with E-state index in [1.54, 1.807) is 24.3 Å². The predicted molar refractivity (Wildman–Crippen MR) is 140 cm³/mol. The van der Waals surface area contributed by atoms with E-state index in [-0.39, 0.29) is 16.2 Å². The zero-order chi connectivity index (χ0) is 26.6. The molecule has 1 aliphatic carbocycles. The van der Waals surface area contributed by atoms with Crippen LogP contribution in [0.4, 0.5) is 10.7 Å². The first-order valence-corrected chi connectivity index (χ1v) is 13.8. The third-order valence-electron chi connectivity index (χ3n) is 5.86. The maximum Gasteiger partial charge on any atom is 0.338 e. The van der Waals surface area contributed by atoms with Gasteiger partial charge in [0.25, 0.3) is 15.9 Å². The number of rotatable bonds is 8. The summed E-state index contributed by atoms with van der Waals surface area (Å²) in [5.74, 6) is -1.43. The molecule has 0 spiro atoms. The molecule has 0 unspecified atom stereocenters. The number of fused-ring (bicyclic) bond motifs is 1. The van der Waals surface area contributed by atoms with Gasteiger partial charge < -0.3 is 14.8 Å². The molecule has 0 saturated carbocycles. The Hall–Kier alpha value is -3.88. The lowest BCUT2D eigenvalue weighted by atomic mass is 9.96. The zero-order valence-electron chi connectivity index (χ0n) is 20.3. The van der Waals surface area contributed by atoms with Crippen LogP contribution in [0.25, 0.3) is 0 Å². The molecule has 1 heterocycles. The monoisotopic (exact) mass is 539 g/mol. The molecule has 0 radical (unpaired) electrons. The van der Waals surface area contributed by atoms with E-state index < -0.39 is 28.5 Å². The topological polar surface area (TPSA) is 135 Å². The van der Waals surface area contributed by atoms with Crippen LogP contribution in [0.15, 0.2) is 47.4 Å². The number of hydrogen-bond acceptors (Lipinski definition) is 8. The average molecular weight is 540 g/mol. The molecule has 37 heavy (non-hydrogen) atoms. The fourth-order valence-electron chi connectivity index (χ4n) is 3.99. The number of aryl methyl sites for hydroxylation is 2. The van der Waals surface area contributed by atoms with E-state index in [1.807, 2.05) is 6.92 Å². The van der Waals surface area contributed by atoms with Gasteiger partial charge in [0, 0.05) is 10.6 Å². The van der Waals surface area contributed by atoms with Crippen molar-refractivity contribution >= 4 is 43.9 Å². The Morgan fingerprint density at radius 1 is 1.11 bits per heavy atom. The lowest BCUT2D eigenvalue weighted by Gasteiger charge is -2.13. The Kier molecular flexibility index (Phi) is 7.80. The van der Waals surface area contributed by atoms with Gasteiger partial charge in [0.1, 0.15) is 21.7 Å². The van der Waals surface area contributed by atoms with Crippen LogP contribution in [0.5, 0.6) is 5.75 Å². The van der Waals surface area contributed by atoms with Crippen molar-refractivity contribution in [1.29, 1.82) is 5.26 Å². The molecule has 4 rings (SSSR count). The van der Waals surface area contributed by atoms with Gasteiger partial charge in [0.15, 0.2) is 6.61 Å². The highest BCUT2D eigenvalue weighted by molar-refractivity contribution is 7.92. The quantitative estimate of drug-likeness (QED) is 0.405. The van der Waals surface area contributed by atoms with Gasteiger partial charge in [-0.1, -0.05) is 17.7 Å². The van der Waals surface area contributed by atoms with Crippen LogP contribution in [0.3, 0.4) is 0 Å². The minimum atomic E-state index is -4.10. The van der Waals surface area contributed by atoms with Crippen LogP contribution in [0.2, 0.25) is 0 Å². The summed E-state index contributed by atoms with van der Waals surface area (Å²) in [6.45, 7) is 1.29. The van der Waals surface area contributed by atoms with Crippen LogP contribution in [0, 0.1) is 18.3 Å². The van der Waals surface area contributed by atoms with E-state index in [0.717, 1.165) is 47.8 Å². The Morgan fingerprint density at radius 2 is 1.84 bits per heavy atom. The summed E-state index contributed by atoms with van der Waals surface area (Å²) in [7, 11) is -2.78. The lowest BCUT2D eigenvalue weighted by Crippen LogP contribution is -2.21. The van der Waals surface area contributed by atoms with Crippen LogP contribution in [0.1, 0.15) is 44.8 Å². The number of anilines is 2. The second kappa shape index (κ2) is 11.0. The number of nitrogens with one attached hydrogen (secondary N) is 2. The average Bonchev–Trinajstić information content (AvgIpc) is 3.24. The van der Waals surface area contributed by atoms with Crippen molar-refractivity contribution in [2.45, 2.75) is 37.5 Å². The second-order valence-electron chi connectivity index (χ2n) is 8.49. The second-order valence-corrected chi connectivity index (χ2v) is 11.2. The summed E-state index contributed by atoms with van der Waals surface area (Å²) >= 11 is 1.37. The largest absolute Gasteiger partial charge is 0.495 e. The first-order chi connectivity index (χ1) is 17.7. The smallest absolute Gasteiger partial charge is 0.338 e. The number of hydrogen-bond donors (Lipinski definition) is 2. The van der Waals surface area contributed by atoms with Crippen LogP contribution in [-0.4, -0.2) is 34.0 Å². The number of thiophene rings is 1. The Morgan fingerprint density at radius 3 is 2.54 bits per heavy atom. The zero-order valence-corrected chi connectivity index (χ0v) is 21.9. The Balaban J connectivity index is 1.45. The molecule has 11 heteroatoms. The molecule has 192 valence electrons. The Labute approximate surface area is 219 Å². The minimum Gasteiger partial charge on any atom is -0.495 e. The number of methoxy groups -OCH3 is 1. The molecular weight excluding hydrogens is 514 g/mol. The van der Waals surface area contributed by atoms with Gasteiger partial charge in [-0.15, -0.1) is 11.3 Å². The standard InChI is InChI=1S/C26H25N3O6S2/c1-16-7-10-18(11-8-16)29-37(32,33)23-13-17(9-12-21(23)34-2)26(31)35-15-24(30)28-25-20(14-27)19-5-3-4-6-22(19)36-25/h7-13,29H,3-6,15H2,1-2H3,(H,28,30). The summed E-state index contributed by atoms with van der Waals surface area (Å²) in [4.78, 5) is 26.0. The highest BCUT2D eigenvalue weighted by atomic mass is 32.2. The molecule has 2 aromatic carbocycles. The third kappa shape index (κ3) is 5.93. The fraction of sp³-hybridized carbons (Fsp3) is 0.269. The number of carbonyl (C=O) groups excluding carboxylic acids is 2. The number of amides is 1. The van der Waals surface area contributed by atoms with Crippen molar-refractivity contribution in [3.8, 4) is 11.8 Å². The minimum absolute atomic E-state index is 0.0413. The van der Waals surface area contributed by atoms with E-state index >= 15 is 0 Å². The number of ether oxygens (including phenoxy) is 2. The lowest BCUT2D eigenvalue weighted by molar-refractivity contribution is -0.119. The number of benzene rings is 2. The third-order valence-corrected chi connectivity index (χ3v) is 8.47. The molecule has 0 atom stereocenters. The number of sulfonamides is 1. The first-order valence-electron chi connectivity index (χ1n) is 11.5. The van der Waals surface area contributed by atoms with Crippen molar-refractivity contribution in [3.05, 3.63) is 69.6 Å². The summed E-state index contributed by atoms with van der Waals surface area (Å²) in [5, 5.41) is 12.7. The van der Waals surface area contributed by atoms with Gasteiger partial charge >= 0.3 is 5.97 Å². The summed E-state index contributed by atoms with van der Waals surface area (Å²) in [6, 6.07) is 12.8. The van der Waals surface area contributed by atoms with E-state index in [4.69, 9.17) is 9.47 Å². The van der Waals surface area contributed by atoms with Gasteiger partial charge in [-0.25, -0.2) is 13.2 Å². The Bertz CT molecular complexity index is 1490. The number of esters is 1. The van der Waals surface area contributed by atoms with Gasteiger partial charge in [-0.3, -0.25) is 9.52 Å². The summed E-state index contributed by atoms with van der Waals surface area (Å²) in [6.07, 6.45) is 3.73. The van der Waals surface area contributed by atoms with Crippen LogP contribution in [-0.2, 0) is 32.4 Å². The van der Waals surface area contributed by atoms with Crippen molar-refractivity contribution < 1.29 is 27.5 Å². The molecule has 1 aliphatic rings. The van der Waals surface area contributed by atoms with Gasteiger partial charge in [-0.05, 0) is 68.5 Å². The highest BCUT2D eigenvalue weighted by Crippen LogP contribution is 2.37. The summed E-state index contributed by atoms with van der Waals surface area (Å²) < 4.78 is 38.8. The van der Waals surface area contributed by atoms with Crippen molar-refractivity contribution in [2.24, 2.45) is 0 Å². The maximum absolute atomic E-state index is 13.0. The molecule has 0 bridgehead atoms. The molecule has 2 N–H and O–H groups in total. The molecule has 9 nitrogen and oxygen atoms in total. The molecule has 1 aromatic heterocycles. The van der Waals surface area contributed by atoms with E-state index in [0.29, 0.717) is 16.3 Å². The number of nitrogens with zero attached hydrogens (tertiary/aromatic N) is 1. The van der Waals surface area contributed by atoms with E-state index in [1.165, 1.54) is 30.6 Å². The van der Waals surface area contributed by atoms with Crippen molar-refractivity contribution in [2.75, 3.05) is 23.8 Å². The predicted octanol–water partition coefficient (Wildman–Crippen LogP) is 4.41. The fourth-order valence-corrected chi connectivity index (χ4v) is 6.51. The van der Waals surface area contributed by atoms with Crippen LogP contribution < -0.4 is 14.8 Å². The van der Waals surface area contributed by atoms with Gasteiger partial charge in [-0.2, -0.15) is 5.26 Å². The van der Waals surface area contributed by atoms with Gasteiger partial charge in [0.05, 0.1) is 18.2 Å². The number of carbonyl (C=O) groups is 2. The van der Waals surface area contributed by atoms with E-state index in [9.17, 15) is 23.3 Å². The molecule has 0 saturated heterocycles. The number of nitriles is 1. The SMILES string of the molecule is COc1ccc(C(=O)OCC(=O)Nc2sc3c(c2C#N)CCCC3)cc1S(=O)(=O)Nc1ccc(C)cc1.